The Balaban J connectivity index is 1.76. The minimum atomic E-state index is -1.14. The van der Waals surface area contributed by atoms with E-state index >= 15 is 0 Å². The first-order valence-corrected chi connectivity index (χ1v) is 9.02. The normalized spacial score (nSPS) is 16.4. The van der Waals surface area contributed by atoms with E-state index in [2.05, 4.69) is 10.3 Å². The summed E-state index contributed by atoms with van der Waals surface area (Å²) < 4.78 is 11.0. The van der Waals surface area contributed by atoms with Gasteiger partial charge in [-0.25, -0.2) is 9.78 Å². The van der Waals surface area contributed by atoms with E-state index < -0.39 is 11.9 Å². The minimum absolute atomic E-state index is 0.0249. The van der Waals surface area contributed by atoms with Gasteiger partial charge in [0.05, 0.1) is 37.8 Å². The number of nitrogens with one attached hydrogen (secondary N) is 1. The number of carboxylic acid groups (broad SMARTS) is 1. The van der Waals surface area contributed by atoms with Crippen LogP contribution in [0.25, 0.3) is 0 Å². The molecule has 8 nitrogen and oxygen atoms in total. The van der Waals surface area contributed by atoms with E-state index in [0.29, 0.717) is 37.0 Å². The molecule has 0 saturated carbocycles. The van der Waals surface area contributed by atoms with Crippen molar-refractivity contribution in [1.82, 2.24) is 4.98 Å². The number of aromatic nitrogens is 1. The van der Waals surface area contributed by atoms with Crippen molar-refractivity contribution in [2.75, 3.05) is 43.6 Å². The zero-order valence-corrected chi connectivity index (χ0v) is 16.0. The molecule has 28 heavy (non-hydrogen) atoms. The van der Waals surface area contributed by atoms with E-state index in [1.165, 1.54) is 18.3 Å². The number of halogens is 1. The van der Waals surface area contributed by atoms with Gasteiger partial charge in [-0.05, 0) is 24.3 Å². The highest BCUT2D eigenvalue weighted by atomic mass is 35.5. The van der Waals surface area contributed by atoms with Crippen LogP contribution in [0.3, 0.4) is 0 Å². The first kappa shape index (κ1) is 20.1. The van der Waals surface area contributed by atoms with Crippen molar-refractivity contribution in [3.05, 3.63) is 52.7 Å². The quantitative estimate of drug-likeness (QED) is 0.761. The number of benzene rings is 1. The summed E-state index contributed by atoms with van der Waals surface area (Å²) in [5.41, 5.74) is 0.611. The number of hydrogen-bond acceptors (Lipinski definition) is 6. The monoisotopic (exact) mass is 405 g/mol. The maximum atomic E-state index is 12.3. The Labute approximate surface area is 167 Å². The predicted octanol–water partition coefficient (Wildman–Crippen LogP) is 2.54. The first-order chi connectivity index (χ1) is 13.4. The summed E-state index contributed by atoms with van der Waals surface area (Å²) in [6.45, 7) is 1.94. The average molecular weight is 406 g/mol. The molecular formula is C19H20ClN3O5. The van der Waals surface area contributed by atoms with Crippen molar-refractivity contribution in [1.29, 1.82) is 0 Å². The van der Waals surface area contributed by atoms with E-state index in [0.717, 1.165) is 0 Å². The van der Waals surface area contributed by atoms with Gasteiger partial charge in [0.2, 0.25) is 0 Å². The second-order valence-electron chi connectivity index (χ2n) is 6.31. The van der Waals surface area contributed by atoms with Crippen LogP contribution in [-0.4, -0.2) is 61.5 Å². The van der Waals surface area contributed by atoms with E-state index in [-0.39, 0.29) is 23.2 Å². The third kappa shape index (κ3) is 4.98. The number of pyridine rings is 1. The van der Waals surface area contributed by atoms with Gasteiger partial charge in [0.25, 0.3) is 5.91 Å². The van der Waals surface area contributed by atoms with Gasteiger partial charge in [0.1, 0.15) is 11.4 Å². The van der Waals surface area contributed by atoms with E-state index in [1.807, 2.05) is 0 Å². The topological polar surface area (TPSA) is 101 Å². The smallest absolute Gasteiger partial charge is 0.339 e. The van der Waals surface area contributed by atoms with Crippen molar-refractivity contribution in [2.45, 2.75) is 6.10 Å². The molecule has 1 atom stereocenters. The summed E-state index contributed by atoms with van der Waals surface area (Å²) in [6.07, 6.45) is 1.25. The van der Waals surface area contributed by atoms with Crippen LogP contribution in [0.4, 0.5) is 11.5 Å². The Morgan fingerprint density at radius 2 is 2.18 bits per heavy atom. The van der Waals surface area contributed by atoms with Gasteiger partial charge in [-0.15, -0.1) is 0 Å². The zero-order chi connectivity index (χ0) is 20.1. The second kappa shape index (κ2) is 9.01. The van der Waals surface area contributed by atoms with Crippen LogP contribution in [0.15, 0.2) is 36.5 Å². The molecule has 2 heterocycles. The molecule has 2 aromatic rings. The summed E-state index contributed by atoms with van der Waals surface area (Å²) in [7, 11) is 1.73. The lowest BCUT2D eigenvalue weighted by Gasteiger charge is -2.28. The summed E-state index contributed by atoms with van der Waals surface area (Å²) in [6, 6.07) is 7.83. The number of anilines is 2. The third-order valence-corrected chi connectivity index (χ3v) is 4.40. The molecular weight excluding hydrogens is 386 g/mol. The van der Waals surface area contributed by atoms with Crippen molar-refractivity contribution in [3.63, 3.8) is 0 Å². The number of likely N-dealkylation sites (N-methyl/N-ethyl adjacent to an activating group) is 1. The van der Waals surface area contributed by atoms with Crippen molar-refractivity contribution in [2.24, 2.45) is 0 Å². The lowest BCUT2D eigenvalue weighted by molar-refractivity contribution is -0.0837. The van der Waals surface area contributed by atoms with Crippen LogP contribution in [0, 0.1) is 0 Å². The molecule has 1 amide bonds. The summed E-state index contributed by atoms with van der Waals surface area (Å²) in [5.74, 6) is -1.27. The molecule has 1 unspecified atom stereocenters. The van der Waals surface area contributed by atoms with E-state index in [4.69, 9.17) is 21.1 Å². The first-order valence-electron chi connectivity index (χ1n) is 8.65. The van der Waals surface area contributed by atoms with Crippen LogP contribution >= 0.6 is 11.6 Å². The number of nitrogens with zero attached hydrogens (tertiary/aromatic N) is 2. The van der Waals surface area contributed by atoms with Crippen LogP contribution in [-0.2, 0) is 9.47 Å². The molecule has 2 N–H and O–H groups in total. The maximum absolute atomic E-state index is 12.3. The van der Waals surface area contributed by atoms with Crippen molar-refractivity contribution < 1.29 is 24.2 Å². The summed E-state index contributed by atoms with van der Waals surface area (Å²) in [4.78, 5) is 30.0. The molecule has 3 rings (SSSR count). The lowest BCUT2D eigenvalue weighted by Crippen LogP contribution is -2.39. The molecule has 1 fully saturated rings. The highest BCUT2D eigenvalue weighted by Gasteiger charge is 2.22. The fourth-order valence-electron chi connectivity index (χ4n) is 2.85. The number of carboxylic acids is 1. The third-order valence-electron chi connectivity index (χ3n) is 4.17. The molecule has 0 radical (unpaired) electrons. The van der Waals surface area contributed by atoms with Gasteiger partial charge in [-0.3, -0.25) is 4.79 Å². The van der Waals surface area contributed by atoms with Crippen LogP contribution in [0.1, 0.15) is 20.7 Å². The summed E-state index contributed by atoms with van der Waals surface area (Å²) >= 11 is 5.90. The molecule has 0 bridgehead atoms. The molecule has 148 valence electrons. The highest BCUT2D eigenvalue weighted by molar-refractivity contribution is 6.31. The van der Waals surface area contributed by atoms with E-state index in [1.54, 1.807) is 30.1 Å². The molecule has 0 aliphatic carbocycles. The number of rotatable bonds is 6. The molecule has 1 aromatic heterocycles. The number of aromatic carboxylic acids is 1. The van der Waals surface area contributed by atoms with Gasteiger partial charge < -0.3 is 24.8 Å². The van der Waals surface area contributed by atoms with Gasteiger partial charge >= 0.3 is 5.97 Å². The van der Waals surface area contributed by atoms with Crippen LogP contribution in [0.5, 0.6) is 0 Å². The van der Waals surface area contributed by atoms with Gasteiger partial charge in [-0.1, -0.05) is 17.7 Å². The van der Waals surface area contributed by atoms with Crippen LogP contribution in [0.2, 0.25) is 5.02 Å². The highest BCUT2D eigenvalue weighted by Crippen LogP contribution is 2.22. The fourth-order valence-corrected chi connectivity index (χ4v) is 3.04. The standard InChI is InChI=1S/C19H20ClN3O5/c1-23(10-15-11-27-5-6-28-15)17-16(19(25)26)8-14(9-21-17)22-18(24)12-3-2-4-13(20)7-12/h2-4,7-9,15H,5-6,10-11H2,1H3,(H,22,24)(H,25,26). The van der Waals surface area contributed by atoms with Gasteiger partial charge in [0.15, 0.2) is 0 Å². The SMILES string of the molecule is CN(CC1COCCO1)c1ncc(NC(=O)c2cccc(Cl)c2)cc1C(=O)O. The number of carbonyl (C=O) groups excluding carboxylic acids is 1. The van der Waals surface area contributed by atoms with Crippen LogP contribution < -0.4 is 10.2 Å². The average Bonchev–Trinajstić information content (AvgIpc) is 2.68. The number of ether oxygens (including phenoxy) is 2. The predicted molar refractivity (Wildman–Crippen MR) is 104 cm³/mol. The van der Waals surface area contributed by atoms with Gasteiger partial charge in [0, 0.05) is 24.2 Å². The zero-order valence-electron chi connectivity index (χ0n) is 15.2. The molecule has 1 aromatic carbocycles. The number of carbonyl (C=O) groups is 2. The number of hydrogen-bond donors (Lipinski definition) is 2. The Hall–Kier alpha value is -2.68. The second-order valence-corrected chi connectivity index (χ2v) is 6.75. The lowest BCUT2D eigenvalue weighted by atomic mass is 10.2. The van der Waals surface area contributed by atoms with Crippen molar-refractivity contribution >= 4 is 35.0 Å². The Bertz CT molecular complexity index is 870. The molecule has 1 aliphatic heterocycles. The Morgan fingerprint density at radius 1 is 1.36 bits per heavy atom. The number of amides is 1. The Kier molecular flexibility index (Phi) is 6.45. The van der Waals surface area contributed by atoms with Crippen molar-refractivity contribution in [3.8, 4) is 0 Å². The molecule has 0 spiro atoms. The minimum Gasteiger partial charge on any atom is -0.478 e. The molecule has 1 saturated heterocycles. The van der Waals surface area contributed by atoms with E-state index in [9.17, 15) is 14.7 Å². The summed E-state index contributed by atoms with van der Waals surface area (Å²) in [5, 5.41) is 12.7. The molecule has 1 aliphatic rings. The largest absolute Gasteiger partial charge is 0.478 e. The maximum Gasteiger partial charge on any atom is 0.339 e. The van der Waals surface area contributed by atoms with Gasteiger partial charge in [-0.2, -0.15) is 0 Å². The Morgan fingerprint density at radius 3 is 2.86 bits per heavy atom. The fraction of sp³-hybridized carbons (Fsp3) is 0.316. The molecule has 9 heteroatoms.